The average Bonchev–Trinajstić information content (AvgIpc) is 2.71. The molecule has 2 fully saturated rings. The van der Waals surface area contributed by atoms with Crippen LogP contribution in [0.25, 0.3) is 0 Å². The van der Waals surface area contributed by atoms with Crippen LogP contribution in [0.1, 0.15) is 72.6 Å². The quantitative estimate of drug-likeness (QED) is 0.501. The molecule has 5 atom stereocenters. The van der Waals surface area contributed by atoms with Crippen molar-refractivity contribution in [2.45, 2.75) is 84.3 Å². The summed E-state index contributed by atoms with van der Waals surface area (Å²) in [7, 11) is 0. The van der Waals surface area contributed by atoms with Crippen LogP contribution in [0.5, 0.6) is 0 Å². The summed E-state index contributed by atoms with van der Waals surface area (Å²) >= 11 is 0. The molecule has 0 aromatic rings. The van der Waals surface area contributed by atoms with Crippen molar-refractivity contribution in [3.8, 4) is 0 Å². The summed E-state index contributed by atoms with van der Waals surface area (Å²) in [6.07, 6.45) is 7.54. The van der Waals surface area contributed by atoms with E-state index in [0.717, 1.165) is 37.7 Å². The van der Waals surface area contributed by atoms with Gasteiger partial charge in [-0.15, -0.1) is 0 Å². The number of hydrogen-bond donors (Lipinski definition) is 0. The zero-order chi connectivity index (χ0) is 19.1. The number of carbonyl (C=O) groups is 2. The van der Waals surface area contributed by atoms with Crippen molar-refractivity contribution in [2.24, 2.45) is 17.3 Å². The second-order valence-electron chi connectivity index (χ2n) is 8.92. The first kappa shape index (κ1) is 19.2. The minimum absolute atomic E-state index is 0.00298. The normalized spacial score (nSPS) is 40.8. The molecule has 1 saturated carbocycles. The summed E-state index contributed by atoms with van der Waals surface area (Å²) in [5, 5.41) is 0. The van der Waals surface area contributed by atoms with Crippen LogP contribution >= 0.6 is 0 Å². The number of fused-ring (bicyclic) bond motifs is 5. The van der Waals surface area contributed by atoms with Gasteiger partial charge in [-0.2, -0.15) is 0 Å². The lowest BCUT2D eigenvalue weighted by molar-refractivity contribution is -0.182. The second-order valence-corrected chi connectivity index (χ2v) is 8.92. The Hall–Kier alpha value is -1.58. The summed E-state index contributed by atoms with van der Waals surface area (Å²) in [6, 6.07) is 0. The van der Waals surface area contributed by atoms with Crippen molar-refractivity contribution in [1.29, 1.82) is 0 Å². The van der Waals surface area contributed by atoms with Gasteiger partial charge in [-0.05, 0) is 69.1 Å². The Morgan fingerprint density at radius 1 is 1.31 bits per heavy atom. The largest absolute Gasteiger partial charge is 0.458 e. The summed E-state index contributed by atoms with van der Waals surface area (Å²) in [4.78, 5) is 24.6. The van der Waals surface area contributed by atoms with E-state index in [1.165, 1.54) is 12.5 Å². The molecule has 2 aliphatic heterocycles. The van der Waals surface area contributed by atoms with Crippen LogP contribution < -0.4 is 0 Å². The van der Waals surface area contributed by atoms with E-state index < -0.39 is 11.7 Å². The van der Waals surface area contributed by atoms with Gasteiger partial charge in [0.15, 0.2) is 0 Å². The predicted octanol–water partition coefficient (Wildman–Crippen LogP) is 4.73. The van der Waals surface area contributed by atoms with Crippen LogP contribution in [0.15, 0.2) is 23.8 Å². The van der Waals surface area contributed by atoms with Crippen molar-refractivity contribution in [3.05, 3.63) is 23.8 Å². The van der Waals surface area contributed by atoms with Gasteiger partial charge in [0.2, 0.25) is 0 Å². The molecule has 1 saturated heterocycles. The van der Waals surface area contributed by atoms with Crippen LogP contribution in [0.3, 0.4) is 0 Å². The summed E-state index contributed by atoms with van der Waals surface area (Å²) < 4.78 is 11.7. The Morgan fingerprint density at radius 3 is 2.73 bits per heavy atom. The van der Waals surface area contributed by atoms with Crippen LogP contribution in [0.4, 0.5) is 0 Å². The van der Waals surface area contributed by atoms with E-state index in [4.69, 9.17) is 9.47 Å². The zero-order valence-corrected chi connectivity index (χ0v) is 16.6. The van der Waals surface area contributed by atoms with Gasteiger partial charge in [-0.3, -0.25) is 4.79 Å². The maximum absolute atomic E-state index is 12.8. The molecule has 1 aliphatic carbocycles. The van der Waals surface area contributed by atoms with E-state index in [0.29, 0.717) is 24.7 Å². The Kier molecular flexibility index (Phi) is 5.06. The molecule has 4 bridgehead atoms. The van der Waals surface area contributed by atoms with Crippen molar-refractivity contribution < 1.29 is 19.1 Å². The molecule has 26 heavy (non-hydrogen) atoms. The summed E-state index contributed by atoms with van der Waals surface area (Å²) in [5.41, 5.74) is 1.24. The van der Waals surface area contributed by atoms with E-state index in [1.54, 1.807) is 0 Å². The Labute approximate surface area is 157 Å². The molecule has 4 heteroatoms. The maximum atomic E-state index is 12.8. The lowest BCUT2D eigenvalue weighted by atomic mass is 9.58. The van der Waals surface area contributed by atoms with Gasteiger partial charge in [0.1, 0.15) is 11.7 Å². The molecule has 144 valence electrons. The fourth-order valence-corrected chi connectivity index (χ4v) is 5.04. The monoisotopic (exact) mass is 360 g/mol. The molecule has 4 nitrogen and oxygen atoms in total. The van der Waals surface area contributed by atoms with Gasteiger partial charge in [0, 0.05) is 12.5 Å². The van der Waals surface area contributed by atoms with Crippen molar-refractivity contribution in [1.82, 2.24) is 0 Å². The molecule has 2 heterocycles. The third-order valence-corrected chi connectivity index (χ3v) is 7.28. The first-order chi connectivity index (χ1) is 12.2. The fourth-order valence-electron chi connectivity index (χ4n) is 5.04. The van der Waals surface area contributed by atoms with Gasteiger partial charge in [-0.25, -0.2) is 4.79 Å². The molecular formula is C22H32O4. The molecule has 0 aromatic heterocycles. The molecule has 0 radical (unpaired) electrons. The van der Waals surface area contributed by atoms with Crippen LogP contribution in [0.2, 0.25) is 0 Å². The molecule has 3 aliphatic rings. The van der Waals surface area contributed by atoms with E-state index >= 15 is 0 Å². The molecule has 3 rings (SSSR count). The molecule has 0 aromatic carbocycles. The minimum Gasteiger partial charge on any atom is -0.458 e. The number of esters is 2. The smallest absolute Gasteiger partial charge is 0.334 e. The van der Waals surface area contributed by atoms with E-state index in [9.17, 15) is 9.59 Å². The highest BCUT2D eigenvalue weighted by Crippen LogP contribution is 2.52. The summed E-state index contributed by atoms with van der Waals surface area (Å²) in [6.45, 7) is 12.4. The minimum atomic E-state index is -0.787. The third-order valence-electron chi connectivity index (χ3n) is 7.28. The number of carbonyl (C=O) groups excluding carboxylic acids is 2. The highest BCUT2D eigenvalue weighted by molar-refractivity contribution is 5.89. The van der Waals surface area contributed by atoms with Gasteiger partial charge >= 0.3 is 11.9 Å². The van der Waals surface area contributed by atoms with E-state index in [1.807, 2.05) is 13.0 Å². The number of allylic oxidation sites excluding steroid dienone is 2. The van der Waals surface area contributed by atoms with Gasteiger partial charge in [0.25, 0.3) is 0 Å². The highest BCUT2D eigenvalue weighted by Gasteiger charge is 2.48. The predicted molar refractivity (Wildman–Crippen MR) is 100 cm³/mol. The van der Waals surface area contributed by atoms with Crippen molar-refractivity contribution in [2.75, 3.05) is 0 Å². The molecule has 0 amide bonds. The standard InChI is InChI=1S/C22H32O4/c1-14-8-9-18-13-19(25-16(3)23)22(5)11-6-7-17(20(24)26-22)10-12-21(14,4)15(18)2/h7,14,18-19H,2,6,8-13H2,1,3-5H3. The molecule has 0 N–H and O–H groups in total. The highest BCUT2D eigenvalue weighted by atomic mass is 16.6. The molecule has 5 unspecified atom stereocenters. The van der Waals surface area contributed by atoms with Crippen LogP contribution in [0, 0.1) is 17.3 Å². The number of hydrogen-bond acceptors (Lipinski definition) is 4. The Morgan fingerprint density at radius 2 is 2.04 bits per heavy atom. The average molecular weight is 360 g/mol. The Balaban J connectivity index is 2.04. The fraction of sp³-hybridized carbons (Fsp3) is 0.727. The first-order valence-corrected chi connectivity index (χ1v) is 9.94. The van der Waals surface area contributed by atoms with Gasteiger partial charge in [0.05, 0.1) is 0 Å². The van der Waals surface area contributed by atoms with Crippen LogP contribution in [-0.2, 0) is 19.1 Å². The molecular weight excluding hydrogens is 328 g/mol. The van der Waals surface area contributed by atoms with Crippen molar-refractivity contribution >= 4 is 11.9 Å². The second kappa shape index (κ2) is 6.86. The number of ether oxygens (including phenoxy) is 2. The van der Waals surface area contributed by atoms with E-state index in [-0.39, 0.29) is 17.4 Å². The van der Waals surface area contributed by atoms with Gasteiger partial charge < -0.3 is 9.47 Å². The van der Waals surface area contributed by atoms with Gasteiger partial charge in [-0.1, -0.05) is 32.1 Å². The topological polar surface area (TPSA) is 52.6 Å². The van der Waals surface area contributed by atoms with Crippen molar-refractivity contribution in [3.63, 3.8) is 0 Å². The van der Waals surface area contributed by atoms with Crippen LogP contribution in [-0.4, -0.2) is 23.6 Å². The Bertz CT molecular complexity index is 649. The first-order valence-electron chi connectivity index (χ1n) is 9.94. The third kappa shape index (κ3) is 3.35. The molecule has 0 spiro atoms. The SMILES string of the molecule is C=C1C2CCC(C)C1(C)CCC1=CCCC(C)(OC1=O)C(OC(C)=O)C2. The number of rotatable bonds is 1. The zero-order valence-electron chi connectivity index (χ0n) is 16.6. The lowest BCUT2D eigenvalue weighted by Crippen LogP contribution is -2.47. The summed E-state index contributed by atoms with van der Waals surface area (Å²) in [5.74, 6) is 0.256. The lowest BCUT2D eigenvalue weighted by Gasteiger charge is -2.47. The maximum Gasteiger partial charge on any atom is 0.334 e. The van der Waals surface area contributed by atoms with E-state index in [2.05, 4.69) is 20.4 Å².